The highest BCUT2D eigenvalue weighted by Crippen LogP contribution is 2.32. The van der Waals surface area contributed by atoms with Crippen LogP contribution in [0.15, 0.2) is 6.20 Å². The van der Waals surface area contributed by atoms with Crippen molar-refractivity contribution >= 4 is 23.2 Å². The van der Waals surface area contributed by atoms with E-state index in [1.165, 1.54) is 0 Å². The van der Waals surface area contributed by atoms with Gasteiger partial charge in [-0.1, -0.05) is 6.42 Å². The lowest BCUT2D eigenvalue weighted by molar-refractivity contribution is -0.146. The minimum atomic E-state index is -0.865. The van der Waals surface area contributed by atoms with E-state index in [0.717, 1.165) is 16.3 Å². The number of aryl methyl sites for hydroxylation is 1. The fourth-order valence-corrected chi connectivity index (χ4v) is 3.30. The number of carboxylic acids is 1. The second kappa shape index (κ2) is 5.69. The fraction of sp³-hybridized carbons (Fsp3) is 0.615. The van der Waals surface area contributed by atoms with Gasteiger partial charge in [0.15, 0.2) is 0 Å². The molecule has 3 atom stereocenters. The van der Waals surface area contributed by atoms with Gasteiger partial charge in [0.25, 0.3) is 0 Å². The maximum absolute atomic E-state index is 12.2. The number of amides is 1. The lowest BCUT2D eigenvalue weighted by Crippen LogP contribution is -2.36. The maximum Gasteiger partial charge on any atom is 0.307 e. The Hall–Kier alpha value is -1.43. The number of rotatable bonds is 4. The van der Waals surface area contributed by atoms with Gasteiger partial charge < -0.3 is 10.4 Å². The molecule has 1 aliphatic rings. The van der Waals surface area contributed by atoms with E-state index in [0.29, 0.717) is 12.8 Å². The molecule has 1 heterocycles. The third-order valence-corrected chi connectivity index (χ3v) is 4.63. The van der Waals surface area contributed by atoms with Crippen LogP contribution >= 0.6 is 11.3 Å². The summed E-state index contributed by atoms with van der Waals surface area (Å²) in [4.78, 5) is 28.6. The fourth-order valence-electron chi connectivity index (χ4n) is 2.52. The van der Waals surface area contributed by atoms with E-state index in [1.54, 1.807) is 17.5 Å². The SMILES string of the molecule is Cc1cnc(C(C)NC(=O)C2CCCC2C(=O)O)s1. The Morgan fingerprint density at radius 3 is 2.74 bits per heavy atom. The molecule has 2 rings (SSSR count). The van der Waals surface area contributed by atoms with Crippen LogP contribution in [-0.2, 0) is 9.59 Å². The minimum absolute atomic E-state index is 0.162. The van der Waals surface area contributed by atoms with Crippen LogP contribution in [0.3, 0.4) is 0 Å². The van der Waals surface area contributed by atoms with Gasteiger partial charge in [-0.2, -0.15) is 0 Å². The predicted molar refractivity (Wildman–Crippen MR) is 71.9 cm³/mol. The summed E-state index contributed by atoms with van der Waals surface area (Å²) < 4.78 is 0. The van der Waals surface area contributed by atoms with Gasteiger partial charge in [-0.3, -0.25) is 9.59 Å². The Morgan fingerprint density at radius 1 is 1.47 bits per heavy atom. The molecule has 0 aliphatic heterocycles. The standard InChI is InChI=1S/C13H18N2O3S/c1-7-6-14-12(19-7)8(2)15-11(16)9-4-3-5-10(9)13(17)18/h6,8-10H,3-5H2,1-2H3,(H,15,16)(H,17,18). The molecule has 1 fully saturated rings. The molecule has 3 unspecified atom stereocenters. The molecule has 104 valence electrons. The lowest BCUT2D eigenvalue weighted by atomic mass is 9.95. The van der Waals surface area contributed by atoms with Crippen LogP contribution in [0.2, 0.25) is 0 Å². The van der Waals surface area contributed by atoms with Crippen molar-refractivity contribution in [1.29, 1.82) is 0 Å². The Bertz CT molecular complexity index is 486. The Balaban J connectivity index is 1.99. The summed E-state index contributed by atoms with van der Waals surface area (Å²) in [5, 5.41) is 12.8. The molecule has 1 aromatic rings. The normalized spacial score (nSPS) is 24.1. The van der Waals surface area contributed by atoms with Gasteiger partial charge in [0.05, 0.1) is 17.9 Å². The predicted octanol–water partition coefficient (Wildman–Crippen LogP) is 2.13. The average Bonchev–Trinajstić information content (AvgIpc) is 2.96. The van der Waals surface area contributed by atoms with Gasteiger partial charge in [-0.05, 0) is 26.7 Å². The zero-order chi connectivity index (χ0) is 14.0. The summed E-state index contributed by atoms with van der Waals surface area (Å²) >= 11 is 1.55. The van der Waals surface area contributed by atoms with Crippen molar-refractivity contribution in [2.45, 2.75) is 39.2 Å². The van der Waals surface area contributed by atoms with Crippen LogP contribution in [0.5, 0.6) is 0 Å². The quantitative estimate of drug-likeness (QED) is 0.886. The zero-order valence-corrected chi connectivity index (χ0v) is 11.9. The molecule has 0 saturated heterocycles. The van der Waals surface area contributed by atoms with Gasteiger partial charge in [0.1, 0.15) is 5.01 Å². The number of carbonyl (C=O) groups is 2. The number of aromatic nitrogens is 1. The third-order valence-electron chi connectivity index (χ3n) is 3.54. The highest BCUT2D eigenvalue weighted by atomic mass is 32.1. The van der Waals surface area contributed by atoms with Gasteiger partial charge in [0, 0.05) is 11.1 Å². The van der Waals surface area contributed by atoms with E-state index in [1.807, 2.05) is 13.8 Å². The van der Waals surface area contributed by atoms with Crippen molar-refractivity contribution in [3.05, 3.63) is 16.1 Å². The molecule has 0 radical (unpaired) electrons. The Kier molecular flexibility index (Phi) is 4.19. The summed E-state index contributed by atoms with van der Waals surface area (Å²) in [5.41, 5.74) is 0. The summed E-state index contributed by atoms with van der Waals surface area (Å²) in [5.74, 6) is -1.97. The van der Waals surface area contributed by atoms with Crippen molar-refractivity contribution in [2.24, 2.45) is 11.8 Å². The topological polar surface area (TPSA) is 79.3 Å². The summed E-state index contributed by atoms with van der Waals surface area (Å²) in [7, 11) is 0. The van der Waals surface area contributed by atoms with Crippen molar-refractivity contribution in [1.82, 2.24) is 10.3 Å². The van der Waals surface area contributed by atoms with Crippen LogP contribution in [0, 0.1) is 18.8 Å². The first-order valence-corrected chi connectivity index (χ1v) is 7.26. The van der Waals surface area contributed by atoms with E-state index in [-0.39, 0.29) is 11.9 Å². The van der Waals surface area contributed by atoms with Crippen molar-refractivity contribution < 1.29 is 14.7 Å². The lowest BCUT2D eigenvalue weighted by Gasteiger charge is -2.18. The maximum atomic E-state index is 12.2. The van der Waals surface area contributed by atoms with E-state index >= 15 is 0 Å². The first kappa shape index (κ1) is 14.0. The first-order valence-electron chi connectivity index (χ1n) is 6.44. The van der Waals surface area contributed by atoms with Crippen LogP contribution in [0.25, 0.3) is 0 Å². The number of nitrogens with zero attached hydrogens (tertiary/aromatic N) is 1. The first-order chi connectivity index (χ1) is 8.99. The summed E-state index contributed by atoms with van der Waals surface area (Å²) in [6.07, 6.45) is 3.84. The molecular formula is C13H18N2O3S. The van der Waals surface area contributed by atoms with Gasteiger partial charge in [-0.25, -0.2) is 4.98 Å². The Morgan fingerprint density at radius 2 is 2.16 bits per heavy atom. The molecule has 1 aromatic heterocycles. The van der Waals surface area contributed by atoms with Crippen molar-refractivity contribution in [3.63, 3.8) is 0 Å². The number of hydrogen-bond donors (Lipinski definition) is 2. The molecule has 19 heavy (non-hydrogen) atoms. The molecule has 1 amide bonds. The highest BCUT2D eigenvalue weighted by molar-refractivity contribution is 7.11. The van der Waals surface area contributed by atoms with E-state index in [9.17, 15) is 9.59 Å². The zero-order valence-electron chi connectivity index (χ0n) is 11.0. The van der Waals surface area contributed by atoms with Gasteiger partial charge >= 0.3 is 5.97 Å². The van der Waals surface area contributed by atoms with Crippen LogP contribution < -0.4 is 5.32 Å². The minimum Gasteiger partial charge on any atom is -0.481 e. The number of hydrogen-bond acceptors (Lipinski definition) is 4. The second-order valence-corrected chi connectivity index (χ2v) is 6.29. The van der Waals surface area contributed by atoms with Gasteiger partial charge in [-0.15, -0.1) is 11.3 Å². The van der Waals surface area contributed by atoms with Crippen LogP contribution in [0.4, 0.5) is 0 Å². The van der Waals surface area contributed by atoms with E-state index in [4.69, 9.17) is 5.11 Å². The summed E-state index contributed by atoms with van der Waals surface area (Å²) in [6.45, 7) is 3.84. The van der Waals surface area contributed by atoms with Crippen molar-refractivity contribution in [2.75, 3.05) is 0 Å². The number of carbonyl (C=O) groups excluding carboxylic acids is 1. The number of thiazole rings is 1. The second-order valence-electron chi connectivity index (χ2n) is 5.02. The molecule has 2 N–H and O–H groups in total. The molecule has 6 heteroatoms. The van der Waals surface area contributed by atoms with Gasteiger partial charge in [0.2, 0.25) is 5.91 Å². The Labute approximate surface area is 116 Å². The molecule has 1 saturated carbocycles. The monoisotopic (exact) mass is 282 g/mol. The molecular weight excluding hydrogens is 264 g/mol. The molecule has 0 aromatic carbocycles. The number of aliphatic carboxylic acids is 1. The van der Waals surface area contributed by atoms with Crippen molar-refractivity contribution in [3.8, 4) is 0 Å². The smallest absolute Gasteiger partial charge is 0.307 e. The largest absolute Gasteiger partial charge is 0.481 e. The number of nitrogens with one attached hydrogen (secondary N) is 1. The average molecular weight is 282 g/mol. The molecule has 0 spiro atoms. The summed E-state index contributed by atoms with van der Waals surface area (Å²) in [6, 6.07) is -0.166. The highest BCUT2D eigenvalue weighted by Gasteiger charge is 2.38. The van der Waals surface area contributed by atoms with E-state index in [2.05, 4.69) is 10.3 Å². The van der Waals surface area contributed by atoms with Crippen LogP contribution in [-0.4, -0.2) is 22.0 Å². The molecule has 5 nitrogen and oxygen atoms in total. The molecule has 1 aliphatic carbocycles. The molecule has 0 bridgehead atoms. The van der Waals surface area contributed by atoms with Crippen LogP contribution in [0.1, 0.15) is 42.1 Å². The van der Waals surface area contributed by atoms with E-state index < -0.39 is 17.8 Å². The third kappa shape index (κ3) is 3.12. The number of carboxylic acid groups (broad SMARTS) is 1.